The molecule has 1 unspecified atom stereocenters. The van der Waals surface area contributed by atoms with Crippen LogP contribution < -0.4 is 10.1 Å². The molecule has 1 aromatic heterocycles. The van der Waals surface area contributed by atoms with E-state index in [1.54, 1.807) is 18.2 Å². The zero-order valence-electron chi connectivity index (χ0n) is 17.1. The SMILES string of the molecule is CCC1CCc2c(sc(NC(=O)CCCOc3ccc(Cl)cc3Cl)c2C(=O)OC)C1. The summed E-state index contributed by atoms with van der Waals surface area (Å²) in [7, 11) is 1.37. The van der Waals surface area contributed by atoms with Crippen LogP contribution >= 0.6 is 34.5 Å². The third kappa shape index (κ3) is 5.48. The van der Waals surface area contributed by atoms with Gasteiger partial charge in [0.15, 0.2) is 0 Å². The van der Waals surface area contributed by atoms with Crippen LogP contribution in [-0.2, 0) is 22.4 Å². The number of ether oxygens (including phenoxy) is 2. The largest absolute Gasteiger partial charge is 0.492 e. The maximum absolute atomic E-state index is 12.5. The standard InChI is InChI=1S/C22H25Cl2NO4S/c1-3-13-6-8-15-18(11-13)30-21(20(15)22(27)28-2)25-19(26)5-4-10-29-17-9-7-14(23)12-16(17)24/h7,9,12-13H,3-6,8,10-11H2,1-2H3,(H,25,26). The molecule has 30 heavy (non-hydrogen) atoms. The first-order valence-electron chi connectivity index (χ1n) is 10.0. The minimum Gasteiger partial charge on any atom is -0.492 e. The van der Waals surface area contributed by atoms with Gasteiger partial charge < -0.3 is 14.8 Å². The summed E-state index contributed by atoms with van der Waals surface area (Å²) in [6.45, 7) is 2.53. The fourth-order valence-electron chi connectivity index (χ4n) is 3.60. The van der Waals surface area contributed by atoms with E-state index in [0.717, 1.165) is 31.2 Å². The van der Waals surface area contributed by atoms with Crippen molar-refractivity contribution in [2.24, 2.45) is 5.92 Å². The van der Waals surface area contributed by atoms with Gasteiger partial charge in [0, 0.05) is 16.3 Å². The highest BCUT2D eigenvalue weighted by Crippen LogP contribution is 2.40. The number of amides is 1. The number of benzene rings is 1. The highest BCUT2D eigenvalue weighted by atomic mass is 35.5. The second-order valence-electron chi connectivity index (χ2n) is 7.29. The van der Waals surface area contributed by atoms with E-state index in [0.29, 0.717) is 45.3 Å². The smallest absolute Gasteiger partial charge is 0.341 e. The predicted octanol–water partition coefficient (Wildman–Crippen LogP) is 6.15. The summed E-state index contributed by atoms with van der Waals surface area (Å²) in [6, 6.07) is 5.01. The van der Waals surface area contributed by atoms with Crippen LogP contribution in [0.3, 0.4) is 0 Å². The van der Waals surface area contributed by atoms with Crippen molar-refractivity contribution < 1.29 is 19.1 Å². The Balaban J connectivity index is 1.59. The van der Waals surface area contributed by atoms with Crippen molar-refractivity contribution in [3.63, 3.8) is 0 Å². The Kier molecular flexibility index (Phi) is 8.03. The molecule has 0 saturated carbocycles. The quantitative estimate of drug-likeness (QED) is 0.371. The van der Waals surface area contributed by atoms with Crippen LogP contribution in [0.5, 0.6) is 5.75 Å². The van der Waals surface area contributed by atoms with E-state index in [2.05, 4.69) is 12.2 Å². The molecule has 0 fully saturated rings. The number of carbonyl (C=O) groups excluding carboxylic acids is 2. The van der Waals surface area contributed by atoms with Crippen LogP contribution in [0.15, 0.2) is 18.2 Å². The summed E-state index contributed by atoms with van der Waals surface area (Å²) >= 11 is 13.4. The van der Waals surface area contributed by atoms with Crippen molar-refractivity contribution in [1.29, 1.82) is 0 Å². The van der Waals surface area contributed by atoms with Crippen LogP contribution in [0.1, 0.15) is 53.4 Å². The second-order valence-corrected chi connectivity index (χ2v) is 9.24. The molecule has 0 saturated heterocycles. The Morgan fingerprint density at radius 1 is 1.30 bits per heavy atom. The maximum Gasteiger partial charge on any atom is 0.341 e. The lowest BCUT2D eigenvalue weighted by molar-refractivity contribution is -0.116. The molecule has 0 radical (unpaired) electrons. The molecular formula is C22H25Cl2NO4S. The molecule has 2 aromatic rings. The second kappa shape index (κ2) is 10.5. The highest BCUT2D eigenvalue weighted by molar-refractivity contribution is 7.17. The predicted molar refractivity (Wildman–Crippen MR) is 121 cm³/mol. The number of fused-ring (bicyclic) bond motifs is 1. The first-order chi connectivity index (χ1) is 14.4. The number of carbonyl (C=O) groups is 2. The molecule has 3 rings (SSSR count). The topological polar surface area (TPSA) is 64.6 Å². The Bertz CT molecular complexity index is 928. The van der Waals surface area contributed by atoms with E-state index < -0.39 is 5.97 Å². The Hall–Kier alpha value is -1.76. The molecule has 0 bridgehead atoms. The Labute approximate surface area is 190 Å². The van der Waals surface area contributed by atoms with Crippen LogP contribution in [0.25, 0.3) is 0 Å². The number of thiophene rings is 1. The number of anilines is 1. The van der Waals surface area contributed by atoms with Gasteiger partial charge in [-0.25, -0.2) is 4.79 Å². The third-order valence-electron chi connectivity index (χ3n) is 5.29. The van der Waals surface area contributed by atoms with E-state index in [1.165, 1.54) is 23.3 Å². The summed E-state index contributed by atoms with van der Waals surface area (Å²) in [5.74, 6) is 0.614. The van der Waals surface area contributed by atoms with Crippen LogP contribution in [0.2, 0.25) is 10.0 Å². The van der Waals surface area contributed by atoms with Crippen molar-refractivity contribution in [2.75, 3.05) is 19.0 Å². The van der Waals surface area contributed by atoms with E-state index in [9.17, 15) is 9.59 Å². The Morgan fingerprint density at radius 2 is 2.10 bits per heavy atom. The van der Waals surface area contributed by atoms with E-state index in [4.69, 9.17) is 32.7 Å². The molecule has 1 N–H and O–H groups in total. The number of nitrogens with one attached hydrogen (secondary N) is 1. The van der Waals surface area contributed by atoms with E-state index in [-0.39, 0.29) is 12.3 Å². The van der Waals surface area contributed by atoms with Gasteiger partial charge in [0.25, 0.3) is 0 Å². The average Bonchev–Trinajstić information content (AvgIpc) is 3.08. The molecule has 1 aromatic carbocycles. The zero-order chi connectivity index (χ0) is 21.7. The van der Waals surface area contributed by atoms with Crippen LogP contribution in [0, 0.1) is 5.92 Å². The van der Waals surface area contributed by atoms with Gasteiger partial charge in [0.05, 0.1) is 24.3 Å². The number of esters is 1. The zero-order valence-corrected chi connectivity index (χ0v) is 19.4. The molecule has 8 heteroatoms. The monoisotopic (exact) mass is 469 g/mol. The number of hydrogen-bond acceptors (Lipinski definition) is 5. The molecular weight excluding hydrogens is 445 g/mol. The minimum absolute atomic E-state index is 0.156. The minimum atomic E-state index is -0.390. The lowest BCUT2D eigenvalue weighted by Crippen LogP contribution is -2.16. The summed E-state index contributed by atoms with van der Waals surface area (Å²) in [5.41, 5.74) is 1.55. The van der Waals surface area contributed by atoms with Crippen LogP contribution in [0.4, 0.5) is 5.00 Å². The van der Waals surface area contributed by atoms with Gasteiger partial charge in [-0.3, -0.25) is 4.79 Å². The molecule has 1 aliphatic rings. The maximum atomic E-state index is 12.5. The van der Waals surface area contributed by atoms with Crippen molar-refractivity contribution in [2.45, 2.75) is 45.4 Å². The normalized spacial score (nSPS) is 15.4. The van der Waals surface area contributed by atoms with Crippen LogP contribution in [-0.4, -0.2) is 25.6 Å². The van der Waals surface area contributed by atoms with Gasteiger partial charge in [-0.1, -0.05) is 36.5 Å². The van der Waals surface area contributed by atoms with Gasteiger partial charge in [0.2, 0.25) is 5.91 Å². The molecule has 1 atom stereocenters. The summed E-state index contributed by atoms with van der Waals surface area (Å²) in [5, 5.41) is 4.48. The fourth-order valence-corrected chi connectivity index (χ4v) is 5.43. The van der Waals surface area contributed by atoms with Crippen molar-refractivity contribution >= 4 is 51.4 Å². The van der Waals surface area contributed by atoms with Gasteiger partial charge in [-0.05, 0) is 55.4 Å². The fraction of sp³-hybridized carbons (Fsp3) is 0.455. The van der Waals surface area contributed by atoms with Gasteiger partial charge in [-0.15, -0.1) is 11.3 Å². The molecule has 1 amide bonds. The van der Waals surface area contributed by atoms with E-state index >= 15 is 0 Å². The van der Waals surface area contributed by atoms with Gasteiger partial charge in [-0.2, -0.15) is 0 Å². The number of halogens is 2. The van der Waals surface area contributed by atoms with Crippen molar-refractivity contribution in [3.05, 3.63) is 44.2 Å². The highest BCUT2D eigenvalue weighted by Gasteiger charge is 2.29. The molecule has 5 nitrogen and oxygen atoms in total. The van der Waals surface area contributed by atoms with E-state index in [1.807, 2.05) is 0 Å². The molecule has 1 aliphatic carbocycles. The number of rotatable bonds is 8. The third-order valence-corrected chi connectivity index (χ3v) is 6.99. The summed E-state index contributed by atoms with van der Waals surface area (Å²) < 4.78 is 10.6. The molecule has 0 aliphatic heterocycles. The van der Waals surface area contributed by atoms with Crippen molar-refractivity contribution in [3.8, 4) is 5.75 Å². The first kappa shape index (κ1) is 22.9. The lowest BCUT2D eigenvalue weighted by atomic mass is 9.85. The summed E-state index contributed by atoms with van der Waals surface area (Å²) in [4.78, 5) is 26.0. The average molecular weight is 470 g/mol. The number of methoxy groups -OCH3 is 1. The first-order valence-corrected chi connectivity index (χ1v) is 11.6. The Morgan fingerprint density at radius 3 is 2.80 bits per heavy atom. The molecule has 0 spiro atoms. The number of hydrogen-bond donors (Lipinski definition) is 1. The van der Waals surface area contributed by atoms with Crippen molar-refractivity contribution in [1.82, 2.24) is 0 Å². The molecule has 162 valence electrons. The van der Waals surface area contributed by atoms with Gasteiger partial charge >= 0.3 is 5.97 Å². The summed E-state index contributed by atoms with van der Waals surface area (Å²) in [6.07, 6.45) is 4.76. The lowest BCUT2D eigenvalue weighted by Gasteiger charge is -2.20. The van der Waals surface area contributed by atoms with Gasteiger partial charge in [0.1, 0.15) is 10.8 Å². The molecule has 1 heterocycles.